The molecule has 2 heterocycles. The van der Waals surface area contributed by atoms with Gasteiger partial charge in [0.05, 0.1) is 27.0 Å². The van der Waals surface area contributed by atoms with Gasteiger partial charge in [0.1, 0.15) is 11.4 Å². The molecule has 0 aliphatic rings. The summed E-state index contributed by atoms with van der Waals surface area (Å²) in [7, 11) is 2.81. The van der Waals surface area contributed by atoms with Gasteiger partial charge in [0.15, 0.2) is 17.2 Å². The number of methoxy groups -OCH3 is 2. The number of hydrogen-bond donors (Lipinski definition) is 3. The van der Waals surface area contributed by atoms with E-state index in [0.717, 1.165) is 0 Å². The number of amides is 1. The van der Waals surface area contributed by atoms with Crippen molar-refractivity contribution in [2.45, 2.75) is 6.92 Å². The van der Waals surface area contributed by atoms with E-state index >= 15 is 0 Å². The van der Waals surface area contributed by atoms with E-state index in [9.17, 15) is 9.90 Å². The highest BCUT2D eigenvalue weighted by atomic mass is 16.6. The average molecular weight is 494 g/mol. The summed E-state index contributed by atoms with van der Waals surface area (Å²) < 4.78 is 21.7. The number of rotatable bonds is 9. The maximum absolute atomic E-state index is 13.1. The molecular formula is C22H22N8O6. The first kappa shape index (κ1) is 24.0. The Kier molecular flexibility index (Phi) is 6.95. The van der Waals surface area contributed by atoms with Gasteiger partial charge in [-0.25, -0.2) is 10.1 Å². The number of hydrogen-bond acceptors (Lipinski definition) is 12. The smallest absolute Gasteiger partial charge is 0.294 e. The minimum absolute atomic E-state index is 0.0395. The molecule has 36 heavy (non-hydrogen) atoms. The quantitative estimate of drug-likeness (QED) is 0.227. The highest BCUT2D eigenvalue weighted by molar-refractivity contribution is 5.99. The summed E-state index contributed by atoms with van der Waals surface area (Å²) in [5.74, 6) is 0.141. The Bertz CT molecular complexity index is 1390. The highest BCUT2D eigenvalue weighted by Crippen LogP contribution is 2.36. The van der Waals surface area contributed by atoms with E-state index in [1.54, 1.807) is 24.3 Å². The number of nitrogens with zero attached hydrogens (tertiary/aromatic N) is 6. The Morgan fingerprint density at radius 2 is 1.97 bits per heavy atom. The number of phenols is 1. The molecule has 0 saturated carbocycles. The second-order valence-corrected chi connectivity index (χ2v) is 7.11. The van der Waals surface area contributed by atoms with Crippen LogP contribution in [-0.2, 0) is 0 Å². The van der Waals surface area contributed by atoms with Crippen molar-refractivity contribution in [3.05, 3.63) is 47.7 Å². The van der Waals surface area contributed by atoms with E-state index in [1.165, 1.54) is 37.2 Å². The number of ether oxygens (including phenoxy) is 3. The van der Waals surface area contributed by atoms with Gasteiger partial charge in [-0.05, 0) is 41.5 Å². The number of nitrogen functional groups attached to an aromatic ring is 1. The number of nitrogens with two attached hydrogens (primary N) is 1. The largest absolute Gasteiger partial charge is 0.502 e. The summed E-state index contributed by atoms with van der Waals surface area (Å²) in [4.78, 5) is 13.1. The highest BCUT2D eigenvalue weighted by Gasteiger charge is 2.25. The predicted octanol–water partition coefficient (Wildman–Crippen LogP) is 1.78. The van der Waals surface area contributed by atoms with Crippen LogP contribution >= 0.6 is 0 Å². The molecule has 4 N–H and O–H groups in total. The van der Waals surface area contributed by atoms with E-state index in [4.69, 9.17) is 19.9 Å². The van der Waals surface area contributed by atoms with Crippen molar-refractivity contribution in [2.24, 2.45) is 5.10 Å². The lowest BCUT2D eigenvalue weighted by Crippen LogP contribution is -2.19. The maximum atomic E-state index is 13.1. The Hall–Kier alpha value is -5.14. The number of aromatic hydroxyl groups is 1. The number of anilines is 1. The average Bonchev–Trinajstić information content (AvgIpc) is 3.51. The molecule has 0 bridgehead atoms. The third-order valence-electron chi connectivity index (χ3n) is 4.88. The molecule has 0 spiro atoms. The molecule has 4 aromatic rings. The normalized spacial score (nSPS) is 11.0. The number of hydrazone groups is 1. The first-order valence-electron chi connectivity index (χ1n) is 10.5. The number of carbonyl (C=O) groups is 1. The standard InChI is InChI=1S/C22H22N8O6/c1-4-35-14-7-5-6-13(10-14)18-17(25-29-30(18)21-20(23)27-36-28-21)22(32)26-24-11-12-8-15(33-2)19(31)16(9-12)34-3/h5-11,31H,4H2,1-3H3,(H2,23,27)(H,26,32)/b24-11+. The van der Waals surface area contributed by atoms with E-state index in [0.29, 0.717) is 23.5 Å². The van der Waals surface area contributed by atoms with Crippen molar-refractivity contribution in [3.63, 3.8) is 0 Å². The zero-order valence-corrected chi connectivity index (χ0v) is 19.5. The van der Waals surface area contributed by atoms with Gasteiger partial charge in [0, 0.05) is 11.1 Å². The molecule has 0 atom stereocenters. The molecule has 0 unspecified atom stereocenters. The Morgan fingerprint density at radius 3 is 2.61 bits per heavy atom. The van der Waals surface area contributed by atoms with Crippen molar-refractivity contribution >= 4 is 17.9 Å². The number of benzene rings is 2. The molecule has 4 rings (SSSR count). The summed E-state index contributed by atoms with van der Waals surface area (Å²) in [6, 6.07) is 10.0. The first-order chi connectivity index (χ1) is 17.5. The molecule has 0 aliphatic carbocycles. The number of carbonyl (C=O) groups excluding carboxylic acids is 1. The van der Waals surface area contributed by atoms with E-state index < -0.39 is 5.91 Å². The van der Waals surface area contributed by atoms with Crippen LogP contribution in [0.15, 0.2) is 46.1 Å². The van der Waals surface area contributed by atoms with Crippen LogP contribution in [0.5, 0.6) is 23.0 Å². The molecule has 0 radical (unpaired) electrons. The molecular weight excluding hydrogens is 472 g/mol. The van der Waals surface area contributed by atoms with Crippen LogP contribution in [0.25, 0.3) is 17.1 Å². The number of nitrogens with one attached hydrogen (secondary N) is 1. The van der Waals surface area contributed by atoms with Crippen molar-refractivity contribution < 1.29 is 28.7 Å². The van der Waals surface area contributed by atoms with Crippen molar-refractivity contribution in [3.8, 4) is 40.1 Å². The van der Waals surface area contributed by atoms with Gasteiger partial charge in [0.2, 0.25) is 17.4 Å². The van der Waals surface area contributed by atoms with Crippen LogP contribution in [-0.4, -0.2) is 63.4 Å². The van der Waals surface area contributed by atoms with Gasteiger partial charge in [-0.2, -0.15) is 9.78 Å². The molecule has 14 nitrogen and oxygen atoms in total. The lowest BCUT2D eigenvalue weighted by molar-refractivity contribution is 0.0950. The first-order valence-corrected chi connectivity index (χ1v) is 10.5. The molecule has 0 saturated heterocycles. The Morgan fingerprint density at radius 1 is 1.22 bits per heavy atom. The van der Waals surface area contributed by atoms with Crippen LogP contribution in [0.2, 0.25) is 0 Å². The predicted molar refractivity (Wildman–Crippen MR) is 127 cm³/mol. The lowest BCUT2D eigenvalue weighted by Gasteiger charge is -2.09. The van der Waals surface area contributed by atoms with Gasteiger partial charge in [-0.1, -0.05) is 17.3 Å². The summed E-state index contributed by atoms with van der Waals surface area (Å²) in [5.41, 5.74) is 9.50. The Balaban J connectivity index is 1.68. The van der Waals surface area contributed by atoms with E-state index in [1.807, 2.05) is 6.92 Å². The van der Waals surface area contributed by atoms with Crippen molar-refractivity contribution in [2.75, 3.05) is 26.6 Å². The summed E-state index contributed by atoms with van der Waals surface area (Å²) >= 11 is 0. The monoisotopic (exact) mass is 494 g/mol. The zero-order chi connectivity index (χ0) is 25.7. The SMILES string of the molecule is CCOc1cccc(-c2c(C(=O)N/N=C/c3cc(OC)c(O)c(OC)c3)nnn2-c2nonc2N)c1. The fourth-order valence-electron chi connectivity index (χ4n) is 3.29. The van der Waals surface area contributed by atoms with Gasteiger partial charge >= 0.3 is 0 Å². The topological polar surface area (TPSA) is 185 Å². The molecule has 14 heteroatoms. The van der Waals surface area contributed by atoms with Crippen LogP contribution < -0.4 is 25.4 Å². The van der Waals surface area contributed by atoms with Crippen LogP contribution in [0.1, 0.15) is 23.0 Å². The van der Waals surface area contributed by atoms with Crippen molar-refractivity contribution in [1.82, 2.24) is 30.7 Å². The van der Waals surface area contributed by atoms with Crippen LogP contribution in [0.3, 0.4) is 0 Å². The van der Waals surface area contributed by atoms with Gasteiger partial charge in [-0.3, -0.25) is 4.79 Å². The third kappa shape index (κ3) is 4.72. The van der Waals surface area contributed by atoms with Gasteiger partial charge in [0.25, 0.3) is 5.91 Å². The molecule has 0 aliphatic heterocycles. The van der Waals surface area contributed by atoms with E-state index in [2.05, 4.69) is 35.8 Å². The molecule has 2 aromatic carbocycles. The van der Waals surface area contributed by atoms with Crippen LogP contribution in [0, 0.1) is 0 Å². The van der Waals surface area contributed by atoms with Crippen molar-refractivity contribution in [1.29, 1.82) is 0 Å². The maximum Gasteiger partial charge on any atom is 0.294 e. The molecule has 2 aromatic heterocycles. The van der Waals surface area contributed by atoms with Gasteiger partial charge in [-0.15, -0.1) is 5.10 Å². The number of phenolic OH excluding ortho intramolecular Hbond substituents is 1. The molecule has 1 amide bonds. The van der Waals surface area contributed by atoms with Crippen LogP contribution in [0.4, 0.5) is 5.82 Å². The second kappa shape index (κ2) is 10.4. The third-order valence-corrected chi connectivity index (χ3v) is 4.88. The number of aromatic nitrogens is 5. The van der Waals surface area contributed by atoms with Gasteiger partial charge < -0.3 is 25.1 Å². The zero-order valence-electron chi connectivity index (χ0n) is 19.5. The summed E-state index contributed by atoms with van der Waals surface area (Å²) in [5, 5.41) is 29.4. The minimum Gasteiger partial charge on any atom is -0.502 e. The molecule has 0 fully saturated rings. The summed E-state index contributed by atoms with van der Waals surface area (Å²) in [6.45, 7) is 2.31. The fourth-order valence-corrected chi connectivity index (χ4v) is 3.29. The molecule has 186 valence electrons. The second-order valence-electron chi connectivity index (χ2n) is 7.11. The Labute approximate surface area is 204 Å². The minimum atomic E-state index is -0.665. The fraction of sp³-hybridized carbons (Fsp3) is 0.182. The summed E-state index contributed by atoms with van der Waals surface area (Å²) in [6.07, 6.45) is 1.35. The van der Waals surface area contributed by atoms with E-state index in [-0.39, 0.29) is 40.3 Å². The lowest BCUT2D eigenvalue weighted by atomic mass is 10.1.